The summed E-state index contributed by atoms with van der Waals surface area (Å²) in [6, 6.07) is 0.154. The topological polar surface area (TPSA) is 46.3 Å². The normalized spacial score (nSPS) is 30.4. The highest BCUT2D eigenvalue weighted by molar-refractivity contribution is 9.09. The molecule has 0 aliphatic carbocycles. The molecule has 0 spiro atoms. The lowest BCUT2D eigenvalue weighted by atomic mass is 9.94. The van der Waals surface area contributed by atoms with Crippen LogP contribution in [0, 0.1) is 5.92 Å². The van der Waals surface area contributed by atoms with E-state index in [9.17, 15) is 4.79 Å². The van der Waals surface area contributed by atoms with Crippen LogP contribution in [0.4, 0.5) is 0 Å². The summed E-state index contributed by atoms with van der Waals surface area (Å²) in [5.41, 5.74) is 5.85. The highest BCUT2D eigenvalue weighted by Gasteiger charge is 2.25. The summed E-state index contributed by atoms with van der Waals surface area (Å²) in [7, 11) is 0. The fourth-order valence-electron chi connectivity index (χ4n) is 1.41. The van der Waals surface area contributed by atoms with Gasteiger partial charge in [0.15, 0.2) is 0 Å². The van der Waals surface area contributed by atoms with Crippen molar-refractivity contribution in [1.82, 2.24) is 4.90 Å². The zero-order chi connectivity index (χ0) is 9.14. The molecule has 1 aliphatic heterocycles. The first-order valence-corrected chi connectivity index (χ1v) is 5.36. The Labute approximate surface area is 81.4 Å². The minimum atomic E-state index is 0.150. The Morgan fingerprint density at radius 1 is 1.75 bits per heavy atom. The van der Waals surface area contributed by atoms with Gasteiger partial charge in [0, 0.05) is 19.1 Å². The van der Waals surface area contributed by atoms with Crippen molar-refractivity contribution in [3.05, 3.63) is 0 Å². The summed E-state index contributed by atoms with van der Waals surface area (Å²) in [5, 5.41) is 0.411. The van der Waals surface area contributed by atoms with E-state index in [0.29, 0.717) is 17.8 Å². The summed E-state index contributed by atoms with van der Waals surface area (Å²) in [5.74, 6) is 0.696. The maximum atomic E-state index is 11.2. The fraction of sp³-hybridized carbons (Fsp3) is 0.875. The molecule has 0 radical (unpaired) electrons. The summed E-state index contributed by atoms with van der Waals surface area (Å²) in [4.78, 5) is 13.1. The highest BCUT2D eigenvalue weighted by atomic mass is 79.9. The van der Waals surface area contributed by atoms with E-state index in [0.717, 1.165) is 13.0 Å². The Hall–Kier alpha value is -0.0900. The number of halogens is 1. The van der Waals surface area contributed by atoms with Gasteiger partial charge in [0.1, 0.15) is 0 Å². The van der Waals surface area contributed by atoms with Crippen LogP contribution in [0.1, 0.15) is 13.3 Å². The summed E-state index contributed by atoms with van der Waals surface area (Å²) >= 11 is 3.15. The molecule has 2 unspecified atom stereocenters. The molecule has 0 aromatic rings. The Morgan fingerprint density at radius 2 is 2.42 bits per heavy atom. The molecule has 0 aromatic carbocycles. The van der Waals surface area contributed by atoms with Gasteiger partial charge in [-0.1, -0.05) is 22.9 Å². The van der Waals surface area contributed by atoms with Crippen molar-refractivity contribution >= 4 is 21.8 Å². The van der Waals surface area contributed by atoms with Crippen LogP contribution in [0.15, 0.2) is 0 Å². The number of carbonyl (C=O) groups is 1. The molecule has 12 heavy (non-hydrogen) atoms. The molecule has 1 saturated heterocycles. The highest BCUT2D eigenvalue weighted by Crippen LogP contribution is 2.15. The monoisotopic (exact) mass is 234 g/mol. The van der Waals surface area contributed by atoms with E-state index in [-0.39, 0.29) is 11.9 Å². The molecule has 1 amide bonds. The minimum absolute atomic E-state index is 0.150. The van der Waals surface area contributed by atoms with E-state index in [1.807, 2.05) is 4.90 Å². The zero-order valence-corrected chi connectivity index (χ0v) is 8.88. The van der Waals surface area contributed by atoms with Crippen molar-refractivity contribution in [2.45, 2.75) is 19.4 Å². The maximum Gasteiger partial charge on any atom is 0.233 e. The molecule has 0 aromatic heterocycles. The standard InChI is InChI=1S/C8H15BrN2O/c1-6-2-3-11(5-7(6)10)8(12)4-9/h6-7H,2-5,10H2,1H3. The number of hydrogen-bond acceptors (Lipinski definition) is 2. The molecule has 4 heteroatoms. The summed E-state index contributed by atoms with van der Waals surface area (Å²) < 4.78 is 0. The maximum absolute atomic E-state index is 11.2. The second-order valence-electron chi connectivity index (χ2n) is 3.40. The molecular formula is C8H15BrN2O. The zero-order valence-electron chi connectivity index (χ0n) is 7.29. The fourth-order valence-corrected chi connectivity index (χ4v) is 1.76. The van der Waals surface area contributed by atoms with Crippen molar-refractivity contribution in [2.75, 3.05) is 18.4 Å². The van der Waals surface area contributed by atoms with Crippen LogP contribution in [0.3, 0.4) is 0 Å². The van der Waals surface area contributed by atoms with Crippen molar-refractivity contribution in [3.8, 4) is 0 Å². The Bertz CT molecular complexity index is 174. The molecule has 3 nitrogen and oxygen atoms in total. The SMILES string of the molecule is CC1CCN(C(=O)CBr)CC1N. The number of hydrogen-bond donors (Lipinski definition) is 1. The van der Waals surface area contributed by atoms with Crippen molar-refractivity contribution in [1.29, 1.82) is 0 Å². The second kappa shape index (κ2) is 4.23. The van der Waals surface area contributed by atoms with Crippen molar-refractivity contribution in [2.24, 2.45) is 11.7 Å². The van der Waals surface area contributed by atoms with E-state index >= 15 is 0 Å². The van der Waals surface area contributed by atoms with Gasteiger partial charge in [-0.3, -0.25) is 4.79 Å². The van der Waals surface area contributed by atoms with Gasteiger partial charge in [-0.15, -0.1) is 0 Å². The van der Waals surface area contributed by atoms with Gasteiger partial charge < -0.3 is 10.6 Å². The average Bonchev–Trinajstić information content (AvgIpc) is 2.08. The summed E-state index contributed by atoms with van der Waals surface area (Å²) in [6.07, 6.45) is 1.03. The molecule has 1 heterocycles. The van der Waals surface area contributed by atoms with Crippen LogP contribution < -0.4 is 5.73 Å². The largest absolute Gasteiger partial charge is 0.340 e. The van der Waals surface area contributed by atoms with Gasteiger partial charge in [-0.25, -0.2) is 0 Å². The molecular weight excluding hydrogens is 220 g/mol. The lowest BCUT2D eigenvalue weighted by molar-refractivity contribution is -0.129. The van der Waals surface area contributed by atoms with E-state index in [4.69, 9.17) is 5.73 Å². The number of piperidine rings is 1. The Morgan fingerprint density at radius 3 is 2.92 bits per heavy atom. The van der Waals surface area contributed by atoms with Gasteiger partial charge in [-0.2, -0.15) is 0 Å². The van der Waals surface area contributed by atoms with E-state index < -0.39 is 0 Å². The second-order valence-corrected chi connectivity index (χ2v) is 3.96. The van der Waals surface area contributed by atoms with Crippen LogP contribution in [0.25, 0.3) is 0 Å². The third-order valence-electron chi connectivity index (χ3n) is 2.48. The lowest BCUT2D eigenvalue weighted by Crippen LogP contribution is -2.50. The minimum Gasteiger partial charge on any atom is -0.340 e. The molecule has 0 saturated carbocycles. The van der Waals surface area contributed by atoms with Crippen LogP contribution in [0.2, 0.25) is 0 Å². The van der Waals surface area contributed by atoms with Crippen molar-refractivity contribution in [3.63, 3.8) is 0 Å². The Balaban J connectivity index is 2.45. The average molecular weight is 235 g/mol. The van der Waals surface area contributed by atoms with Gasteiger partial charge >= 0.3 is 0 Å². The number of nitrogens with zero attached hydrogens (tertiary/aromatic N) is 1. The van der Waals surface area contributed by atoms with E-state index in [1.165, 1.54) is 0 Å². The van der Waals surface area contributed by atoms with E-state index in [2.05, 4.69) is 22.9 Å². The number of amides is 1. The Kier molecular flexibility index (Phi) is 3.53. The van der Waals surface area contributed by atoms with Crippen LogP contribution in [0.5, 0.6) is 0 Å². The molecule has 2 atom stereocenters. The number of alkyl halides is 1. The van der Waals surface area contributed by atoms with E-state index in [1.54, 1.807) is 0 Å². The molecule has 0 bridgehead atoms. The predicted molar refractivity (Wildman–Crippen MR) is 52.1 cm³/mol. The molecule has 70 valence electrons. The summed E-state index contributed by atoms with van der Waals surface area (Å²) in [6.45, 7) is 3.71. The van der Waals surface area contributed by atoms with Gasteiger partial charge in [0.25, 0.3) is 0 Å². The van der Waals surface area contributed by atoms with Crippen LogP contribution in [-0.2, 0) is 4.79 Å². The molecule has 2 N–H and O–H groups in total. The first-order chi connectivity index (χ1) is 5.65. The predicted octanol–water partition coefficient (Wildman–Crippen LogP) is 0.577. The molecule has 1 fully saturated rings. The number of carbonyl (C=O) groups excluding carboxylic acids is 1. The lowest BCUT2D eigenvalue weighted by Gasteiger charge is -2.34. The first kappa shape index (κ1) is 9.99. The smallest absolute Gasteiger partial charge is 0.233 e. The van der Waals surface area contributed by atoms with Crippen molar-refractivity contribution < 1.29 is 4.79 Å². The molecule has 1 rings (SSSR count). The quantitative estimate of drug-likeness (QED) is 0.675. The number of likely N-dealkylation sites (tertiary alicyclic amines) is 1. The van der Waals surface area contributed by atoms with Gasteiger partial charge in [0.05, 0.1) is 5.33 Å². The first-order valence-electron chi connectivity index (χ1n) is 4.24. The molecule has 1 aliphatic rings. The number of nitrogens with two attached hydrogens (primary N) is 1. The third-order valence-corrected chi connectivity index (χ3v) is 2.96. The van der Waals surface area contributed by atoms with Crippen LogP contribution in [-0.4, -0.2) is 35.3 Å². The van der Waals surface area contributed by atoms with Crippen LogP contribution >= 0.6 is 15.9 Å². The van der Waals surface area contributed by atoms with Gasteiger partial charge in [-0.05, 0) is 12.3 Å². The number of rotatable bonds is 1. The van der Waals surface area contributed by atoms with Gasteiger partial charge in [0.2, 0.25) is 5.91 Å². The third kappa shape index (κ3) is 2.20.